The lowest BCUT2D eigenvalue weighted by atomic mass is 9.95. The molecule has 1 N–H and O–H groups in total. The van der Waals surface area contributed by atoms with Gasteiger partial charge in [0.25, 0.3) is 11.7 Å². The normalized spacial score (nSPS) is 16.9. The largest absolute Gasteiger partial charge is 0.507 e. The molecule has 0 bridgehead atoms. The van der Waals surface area contributed by atoms with Crippen LogP contribution in [0.1, 0.15) is 17.2 Å². The quantitative estimate of drug-likeness (QED) is 0.295. The van der Waals surface area contributed by atoms with Crippen LogP contribution >= 0.6 is 11.6 Å². The van der Waals surface area contributed by atoms with E-state index in [1.807, 2.05) is 43.3 Å². The SMILES string of the molecule is COc1cccc(/C(O)=C2\C(=O)C(=O)N(c3ccc(OC)c(Cl)c3)C2c2ccc(N(C)C)cc2)c1. The summed E-state index contributed by atoms with van der Waals surface area (Å²) in [5.41, 5.74) is 2.36. The Kier molecular flexibility index (Phi) is 6.71. The van der Waals surface area contributed by atoms with Crippen LogP contribution in [0.15, 0.2) is 72.3 Å². The number of aliphatic hydroxyl groups is 1. The van der Waals surface area contributed by atoms with Crippen LogP contribution in [-0.2, 0) is 9.59 Å². The van der Waals surface area contributed by atoms with Gasteiger partial charge in [-0.15, -0.1) is 0 Å². The van der Waals surface area contributed by atoms with E-state index in [1.165, 1.54) is 19.1 Å². The van der Waals surface area contributed by atoms with Crippen LogP contribution in [0, 0.1) is 0 Å². The van der Waals surface area contributed by atoms with Gasteiger partial charge in [0.2, 0.25) is 0 Å². The lowest BCUT2D eigenvalue weighted by molar-refractivity contribution is -0.132. The molecule has 0 spiro atoms. The van der Waals surface area contributed by atoms with Crippen molar-refractivity contribution >= 4 is 40.4 Å². The maximum atomic E-state index is 13.3. The molecule has 1 aliphatic rings. The highest BCUT2D eigenvalue weighted by Crippen LogP contribution is 2.44. The molecule has 1 unspecified atom stereocenters. The molecule has 0 aromatic heterocycles. The van der Waals surface area contributed by atoms with E-state index in [9.17, 15) is 14.7 Å². The fraction of sp³-hybridized carbons (Fsp3) is 0.185. The van der Waals surface area contributed by atoms with E-state index in [0.29, 0.717) is 33.3 Å². The lowest BCUT2D eigenvalue weighted by Crippen LogP contribution is -2.29. The van der Waals surface area contributed by atoms with Gasteiger partial charge in [-0.1, -0.05) is 35.9 Å². The first-order valence-corrected chi connectivity index (χ1v) is 11.2. The Labute approximate surface area is 208 Å². The van der Waals surface area contributed by atoms with Gasteiger partial charge in [-0.25, -0.2) is 0 Å². The van der Waals surface area contributed by atoms with Gasteiger partial charge in [0.1, 0.15) is 17.3 Å². The molecule has 1 fully saturated rings. The first-order chi connectivity index (χ1) is 16.8. The molecule has 0 aliphatic carbocycles. The van der Waals surface area contributed by atoms with Crippen molar-refractivity contribution in [1.82, 2.24) is 0 Å². The number of rotatable bonds is 6. The standard InChI is InChI=1S/C27H25ClN2O5/c1-29(2)18-10-8-16(9-11-18)24-23(25(31)17-6-5-7-20(14-17)34-3)26(32)27(33)30(24)19-12-13-22(35-4)21(28)15-19/h5-15,24,31H,1-4H3/b25-23+. The van der Waals surface area contributed by atoms with Crippen LogP contribution in [0.5, 0.6) is 11.5 Å². The summed E-state index contributed by atoms with van der Waals surface area (Å²) in [6, 6.07) is 18.1. The van der Waals surface area contributed by atoms with Crippen LogP contribution in [-0.4, -0.2) is 45.1 Å². The Morgan fingerprint density at radius 1 is 0.971 bits per heavy atom. The van der Waals surface area contributed by atoms with Crippen LogP contribution in [0.4, 0.5) is 11.4 Å². The highest BCUT2D eigenvalue weighted by atomic mass is 35.5. The van der Waals surface area contributed by atoms with Crippen molar-refractivity contribution in [2.45, 2.75) is 6.04 Å². The molecule has 3 aromatic rings. The second-order valence-electron chi connectivity index (χ2n) is 8.21. The Balaban J connectivity index is 1.93. The minimum absolute atomic E-state index is 0.0206. The van der Waals surface area contributed by atoms with E-state index in [4.69, 9.17) is 21.1 Å². The number of benzene rings is 3. The molecule has 1 amide bonds. The van der Waals surface area contributed by atoms with Gasteiger partial charge in [-0.05, 0) is 48.0 Å². The first-order valence-electron chi connectivity index (χ1n) is 10.8. The monoisotopic (exact) mass is 492 g/mol. The number of ketones is 1. The number of halogens is 1. The summed E-state index contributed by atoms with van der Waals surface area (Å²) < 4.78 is 10.5. The minimum atomic E-state index is -0.873. The third-order valence-corrected chi connectivity index (χ3v) is 6.22. The number of amides is 1. The number of carbonyl (C=O) groups excluding carboxylic acids is 2. The highest BCUT2D eigenvalue weighted by Gasteiger charge is 2.47. The lowest BCUT2D eigenvalue weighted by Gasteiger charge is -2.26. The molecule has 8 heteroatoms. The van der Waals surface area contributed by atoms with Gasteiger partial charge in [-0.2, -0.15) is 0 Å². The maximum Gasteiger partial charge on any atom is 0.300 e. The fourth-order valence-electron chi connectivity index (χ4n) is 4.10. The number of hydrogen-bond donors (Lipinski definition) is 1. The molecule has 7 nitrogen and oxygen atoms in total. The van der Waals surface area contributed by atoms with Gasteiger partial charge < -0.3 is 19.5 Å². The average molecular weight is 493 g/mol. The number of aliphatic hydroxyl groups excluding tert-OH is 1. The number of hydrogen-bond acceptors (Lipinski definition) is 6. The fourth-order valence-corrected chi connectivity index (χ4v) is 4.35. The van der Waals surface area contributed by atoms with Crippen LogP contribution in [0.3, 0.4) is 0 Å². The molecular weight excluding hydrogens is 468 g/mol. The van der Waals surface area contributed by atoms with E-state index in [0.717, 1.165) is 5.69 Å². The third kappa shape index (κ3) is 4.42. The van der Waals surface area contributed by atoms with Crippen molar-refractivity contribution in [3.05, 3.63) is 88.5 Å². The minimum Gasteiger partial charge on any atom is -0.507 e. The van der Waals surface area contributed by atoms with Crippen molar-refractivity contribution in [2.24, 2.45) is 0 Å². The summed E-state index contributed by atoms with van der Waals surface area (Å²) in [4.78, 5) is 29.9. The molecule has 1 atom stereocenters. The molecule has 3 aromatic carbocycles. The van der Waals surface area contributed by atoms with E-state index in [-0.39, 0.29) is 11.3 Å². The molecule has 4 rings (SSSR count). The Morgan fingerprint density at radius 3 is 2.29 bits per heavy atom. The molecule has 1 heterocycles. The van der Waals surface area contributed by atoms with Crippen molar-refractivity contribution in [3.63, 3.8) is 0 Å². The van der Waals surface area contributed by atoms with E-state index < -0.39 is 17.7 Å². The molecule has 180 valence electrons. The number of nitrogens with zero attached hydrogens (tertiary/aromatic N) is 2. The number of carbonyl (C=O) groups is 2. The summed E-state index contributed by atoms with van der Waals surface area (Å²) in [6.45, 7) is 0. The number of methoxy groups -OCH3 is 2. The Hall–Kier alpha value is -3.97. The highest BCUT2D eigenvalue weighted by molar-refractivity contribution is 6.51. The maximum absolute atomic E-state index is 13.3. The molecule has 1 saturated heterocycles. The molecule has 0 radical (unpaired) electrons. The van der Waals surface area contributed by atoms with Crippen molar-refractivity contribution < 1.29 is 24.2 Å². The van der Waals surface area contributed by atoms with Crippen molar-refractivity contribution in [3.8, 4) is 11.5 Å². The van der Waals surface area contributed by atoms with Crippen LogP contribution < -0.4 is 19.3 Å². The van der Waals surface area contributed by atoms with Gasteiger partial charge in [0.15, 0.2) is 0 Å². The molecular formula is C27H25ClN2O5. The predicted molar refractivity (Wildman–Crippen MR) is 137 cm³/mol. The van der Waals surface area contributed by atoms with E-state index >= 15 is 0 Å². The first kappa shape index (κ1) is 24.2. The third-order valence-electron chi connectivity index (χ3n) is 5.93. The summed E-state index contributed by atoms with van der Waals surface area (Å²) >= 11 is 6.34. The van der Waals surface area contributed by atoms with E-state index in [1.54, 1.807) is 42.5 Å². The Morgan fingerprint density at radius 2 is 1.69 bits per heavy atom. The zero-order valence-corrected chi connectivity index (χ0v) is 20.5. The summed E-state index contributed by atoms with van der Waals surface area (Å²) in [5, 5.41) is 11.6. The second kappa shape index (κ2) is 9.72. The summed E-state index contributed by atoms with van der Waals surface area (Å²) in [6.07, 6.45) is 0. The number of anilines is 2. The Bertz CT molecular complexity index is 1320. The van der Waals surface area contributed by atoms with Gasteiger partial charge in [0, 0.05) is 31.0 Å². The zero-order chi connectivity index (χ0) is 25.3. The topological polar surface area (TPSA) is 79.3 Å². The van der Waals surface area contributed by atoms with E-state index in [2.05, 4.69) is 0 Å². The van der Waals surface area contributed by atoms with Crippen molar-refractivity contribution in [1.29, 1.82) is 0 Å². The number of Topliss-reactive ketones (excluding diaryl/α,β-unsaturated/α-hetero) is 1. The number of ether oxygens (including phenoxy) is 2. The van der Waals surface area contributed by atoms with Gasteiger partial charge in [0.05, 0.1) is 30.9 Å². The smallest absolute Gasteiger partial charge is 0.300 e. The summed E-state index contributed by atoms with van der Waals surface area (Å²) in [5.74, 6) is -0.894. The molecule has 1 aliphatic heterocycles. The molecule has 35 heavy (non-hydrogen) atoms. The zero-order valence-electron chi connectivity index (χ0n) is 19.8. The van der Waals surface area contributed by atoms with Crippen LogP contribution in [0.25, 0.3) is 5.76 Å². The van der Waals surface area contributed by atoms with Gasteiger partial charge in [-0.3, -0.25) is 14.5 Å². The summed E-state index contributed by atoms with van der Waals surface area (Å²) in [7, 11) is 6.85. The molecule has 0 saturated carbocycles. The van der Waals surface area contributed by atoms with Gasteiger partial charge >= 0.3 is 0 Å². The average Bonchev–Trinajstić information content (AvgIpc) is 3.13. The predicted octanol–water partition coefficient (Wildman–Crippen LogP) is 5.05. The second-order valence-corrected chi connectivity index (χ2v) is 8.61. The van der Waals surface area contributed by atoms with Crippen molar-refractivity contribution in [2.75, 3.05) is 38.1 Å². The van der Waals surface area contributed by atoms with Crippen LogP contribution in [0.2, 0.25) is 5.02 Å².